The quantitative estimate of drug-likeness (QED) is 0.292. The van der Waals surface area contributed by atoms with Gasteiger partial charge in [0.25, 0.3) is 0 Å². The molecule has 3 N–H and O–H groups in total. The third-order valence-electron chi connectivity index (χ3n) is 3.71. The number of carbonyl (C=O) groups excluding carboxylic acids is 2. The Morgan fingerprint density at radius 3 is 1.57 bits per heavy atom. The van der Waals surface area contributed by atoms with Crippen molar-refractivity contribution in [1.29, 1.82) is 0 Å². The first-order valence-corrected chi connectivity index (χ1v) is 8.03. The van der Waals surface area contributed by atoms with Crippen molar-refractivity contribution in [1.82, 2.24) is 5.32 Å². The number of rotatable bonds is 3. The molecule has 0 spiro atoms. The second-order valence-electron chi connectivity index (χ2n) is 5.81. The number of carboxylic acid groups (broad SMARTS) is 3. The van der Waals surface area contributed by atoms with Crippen molar-refractivity contribution < 1.29 is 82.4 Å². The van der Waals surface area contributed by atoms with E-state index in [9.17, 15) is 34.5 Å². The Morgan fingerprint density at radius 2 is 1.39 bits per heavy atom. The van der Waals surface area contributed by atoms with Crippen molar-refractivity contribution in [2.24, 2.45) is 9.98 Å². The number of aliphatic carboxylic acids is 3. The van der Waals surface area contributed by atoms with Gasteiger partial charge in [0.2, 0.25) is 5.91 Å². The summed E-state index contributed by atoms with van der Waals surface area (Å²) >= 11 is 0. The molecule has 1 amide bonds. The van der Waals surface area contributed by atoms with Crippen LogP contribution in [0.4, 0.5) is 0 Å². The molecular weight excluding hydrogens is 531 g/mol. The molecule has 3 rings (SSSR count). The third kappa shape index (κ3) is 9.33. The normalized spacial score (nSPS) is 24.9. The van der Waals surface area contributed by atoms with Gasteiger partial charge in [0.15, 0.2) is 0 Å². The minimum atomic E-state index is -1.25. The number of hydrogen-bond acceptors (Lipinski definition) is 9. The number of carboxylic acids is 3. The fraction of sp³-hybridized carbons (Fsp3) is 0.600. The first-order chi connectivity index (χ1) is 12.6. The van der Waals surface area contributed by atoms with E-state index >= 15 is 0 Å². The summed E-state index contributed by atoms with van der Waals surface area (Å²) in [5.74, 6) is -3.98. The van der Waals surface area contributed by atoms with Gasteiger partial charge in [0, 0.05) is 6.42 Å². The van der Waals surface area contributed by atoms with Crippen molar-refractivity contribution in [2.45, 2.75) is 56.7 Å². The van der Waals surface area contributed by atoms with Crippen LogP contribution < -0.4 is 20.6 Å². The SMILES string of the molecule is O=C(O)C1CCC([O-])=N1.O=C([O-])C1CCC([O-])=N1.O=C1CCC(C(=O)O)N1.[Ho+3]. The van der Waals surface area contributed by atoms with Gasteiger partial charge < -0.3 is 35.6 Å². The molecule has 0 saturated carbocycles. The zero-order chi connectivity index (χ0) is 20.6. The fourth-order valence-corrected chi connectivity index (χ4v) is 2.27. The second kappa shape index (κ2) is 12.5. The second-order valence-corrected chi connectivity index (χ2v) is 5.81. The predicted molar refractivity (Wildman–Crippen MR) is 82.4 cm³/mol. The Labute approximate surface area is 189 Å². The summed E-state index contributed by atoms with van der Waals surface area (Å²) in [5, 5.41) is 49.5. The van der Waals surface area contributed by atoms with Gasteiger partial charge in [0.05, 0.1) is 12.0 Å². The molecule has 3 atom stereocenters. The minimum absolute atomic E-state index is 0. The fourth-order valence-electron chi connectivity index (χ4n) is 2.27. The van der Waals surface area contributed by atoms with Crippen molar-refractivity contribution in [3.8, 4) is 0 Å². The monoisotopic (exact) mass is 549 g/mol. The predicted octanol–water partition coefficient (Wildman–Crippen LogP) is -4.00. The number of nitrogens with one attached hydrogen (secondary N) is 1. The number of nitrogens with zero attached hydrogens (tertiary/aromatic N) is 2. The maximum absolute atomic E-state index is 10.4. The molecule has 12 nitrogen and oxygen atoms in total. The summed E-state index contributed by atoms with van der Waals surface area (Å²) in [6.45, 7) is 0. The summed E-state index contributed by atoms with van der Waals surface area (Å²) in [6, 6.07) is -2.28. The van der Waals surface area contributed by atoms with Crippen LogP contribution in [0, 0.1) is 37.7 Å². The average molecular weight is 549 g/mol. The van der Waals surface area contributed by atoms with E-state index in [1.165, 1.54) is 0 Å². The van der Waals surface area contributed by atoms with E-state index in [1.54, 1.807) is 0 Å². The summed E-state index contributed by atoms with van der Waals surface area (Å²) in [7, 11) is 0. The zero-order valence-corrected chi connectivity index (χ0v) is 16.4. The van der Waals surface area contributed by atoms with Gasteiger partial charge in [-0.05, 0) is 43.9 Å². The van der Waals surface area contributed by atoms with Crippen molar-refractivity contribution in [3.63, 3.8) is 0 Å². The van der Waals surface area contributed by atoms with E-state index in [0.717, 1.165) is 0 Å². The summed E-state index contributed by atoms with van der Waals surface area (Å²) in [5.41, 5.74) is 0. The van der Waals surface area contributed by atoms with Crippen LogP contribution in [0.1, 0.15) is 38.5 Å². The molecule has 1 saturated heterocycles. The molecule has 0 aliphatic carbocycles. The Kier molecular flexibility index (Phi) is 11.7. The molecule has 1 fully saturated rings. The van der Waals surface area contributed by atoms with Crippen LogP contribution in [0.15, 0.2) is 9.98 Å². The molecule has 3 aliphatic rings. The van der Waals surface area contributed by atoms with Crippen LogP contribution in [-0.4, -0.2) is 63.9 Å². The van der Waals surface area contributed by atoms with Gasteiger partial charge in [-0.3, -0.25) is 14.8 Å². The van der Waals surface area contributed by atoms with Crippen LogP contribution in [0.5, 0.6) is 0 Å². The average Bonchev–Trinajstić information content (AvgIpc) is 3.30. The number of aliphatic imine (C=N–C) groups is 2. The smallest absolute Gasteiger partial charge is 0.862 e. The molecule has 0 aromatic rings. The molecule has 3 aliphatic heterocycles. The molecule has 13 heteroatoms. The first-order valence-electron chi connectivity index (χ1n) is 8.03. The number of amides is 1. The van der Waals surface area contributed by atoms with Gasteiger partial charge in [-0.25, -0.2) is 9.59 Å². The topological polar surface area (TPSA) is 215 Å². The standard InChI is InChI=1S/3C5H7NO3.Ho/c3*7-4-2-1-3(6-4)5(8)9;/h3*3H,1-2H2,(H,6,7)(H,8,9);/q;;;+3/p-3. The van der Waals surface area contributed by atoms with Crippen LogP contribution >= 0.6 is 0 Å². The maximum atomic E-state index is 10.4. The van der Waals surface area contributed by atoms with E-state index in [4.69, 9.17) is 10.2 Å². The molecule has 0 aromatic carbocycles. The Bertz CT molecular complexity index is 627. The molecule has 28 heavy (non-hydrogen) atoms. The van der Waals surface area contributed by atoms with Gasteiger partial charge >= 0.3 is 49.7 Å². The molecule has 0 aromatic heterocycles. The van der Waals surface area contributed by atoms with E-state index in [0.29, 0.717) is 25.7 Å². The molecular formula is C15H18HoN3O9. The summed E-state index contributed by atoms with van der Waals surface area (Å²) in [4.78, 5) is 47.2. The molecule has 0 bridgehead atoms. The van der Waals surface area contributed by atoms with Gasteiger partial charge in [0.1, 0.15) is 12.1 Å². The first kappa shape index (κ1) is 26.1. The minimum Gasteiger partial charge on any atom is -0.862 e. The summed E-state index contributed by atoms with van der Waals surface area (Å²) < 4.78 is 0. The maximum Gasteiger partial charge on any atom is 3.00 e. The Morgan fingerprint density at radius 1 is 0.893 bits per heavy atom. The van der Waals surface area contributed by atoms with E-state index in [-0.39, 0.29) is 68.3 Å². The molecule has 3 unspecified atom stereocenters. The van der Waals surface area contributed by atoms with E-state index in [2.05, 4.69) is 15.3 Å². The van der Waals surface area contributed by atoms with Crippen LogP contribution in [-0.2, 0) is 19.2 Å². The van der Waals surface area contributed by atoms with Crippen LogP contribution in [0.25, 0.3) is 0 Å². The molecule has 0 radical (unpaired) electrons. The Hall–Kier alpha value is -1.92. The largest absolute Gasteiger partial charge is 3.00 e. The number of hydrogen-bond donors (Lipinski definition) is 3. The van der Waals surface area contributed by atoms with E-state index < -0.39 is 36.0 Å². The zero-order valence-electron chi connectivity index (χ0n) is 14.4. The Balaban J connectivity index is 0.000000384. The van der Waals surface area contributed by atoms with Gasteiger partial charge in [-0.2, -0.15) is 0 Å². The van der Waals surface area contributed by atoms with Gasteiger partial charge in [-0.1, -0.05) is 0 Å². The van der Waals surface area contributed by atoms with Crippen molar-refractivity contribution in [3.05, 3.63) is 0 Å². The molecule has 3 heterocycles. The van der Waals surface area contributed by atoms with Crippen molar-refractivity contribution in [2.75, 3.05) is 0 Å². The summed E-state index contributed by atoms with van der Waals surface area (Å²) in [6.07, 6.45) is 1.98. The molecule has 158 valence electrons. The van der Waals surface area contributed by atoms with Crippen LogP contribution in [0.3, 0.4) is 0 Å². The number of carbonyl (C=O) groups is 4. The van der Waals surface area contributed by atoms with E-state index in [1.807, 2.05) is 0 Å². The third-order valence-corrected chi connectivity index (χ3v) is 3.71. The van der Waals surface area contributed by atoms with Gasteiger partial charge in [-0.15, -0.1) is 0 Å². The van der Waals surface area contributed by atoms with Crippen LogP contribution in [0.2, 0.25) is 0 Å². The van der Waals surface area contributed by atoms with Crippen molar-refractivity contribution >= 4 is 35.6 Å².